The molecule has 0 radical (unpaired) electrons. The Balaban J connectivity index is 1.92. The van der Waals surface area contributed by atoms with Crippen LogP contribution in [0.3, 0.4) is 0 Å². The minimum Gasteiger partial charge on any atom is -0.330 e. The summed E-state index contributed by atoms with van der Waals surface area (Å²) < 4.78 is 0. The van der Waals surface area contributed by atoms with Gasteiger partial charge in [-0.3, -0.25) is 0 Å². The third-order valence-electron chi connectivity index (χ3n) is 2.41. The van der Waals surface area contributed by atoms with Crippen LogP contribution in [0.25, 0.3) is 0 Å². The molecule has 1 aliphatic heterocycles. The maximum Gasteiger partial charge on any atom is 0.00220 e. The van der Waals surface area contributed by atoms with Crippen molar-refractivity contribution in [1.29, 1.82) is 0 Å². The molecule has 2 heteroatoms. The van der Waals surface area contributed by atoms with E-state index in [1.165, 1.54) is 38.9 Å². The standard InChI is InChI=1S/C9H20N2/c1-2-4-9-7-11(8-9)6-3-5-10/h9H,2-8,10H2,1H3. The Labute approximate surface area is 69.8 Å². The molecule has 0 aromatic rings. The molecule has 1 heterocycles. The second-order valence-corrected chi connectivity index (χ2v) is 3.56. The van der Waals surface area contributed by atoms with Crippen molar-refractivity contribution >= 4 is 0 Å². The van der Waals surface area contributed by atoms with Gasteiger partial charge >= 0.3 is 0 Å². The van der Waals surface area contributed by atoms with Gasteiger partial charge in [0.05, 0.1) is 0 Å². The molecular formula is C9H20N2. The highest BCUT2D eigenvalue weighted by atomic mass is 15.2. The first-order valence-corrected chi connectivity index (χ1v) is 4.79. The van der Waals surface area contributed by atoms with Crippen LogP contribution < -0.4 is 5.73 Å². The van der Waals surface area contributed by atoms with Crippen molar-refractivity contribution in [2.75, 3.05) is 26.2 Å². The van der Waals surface area contributed by atoms with E-state index in [-0.39, 0.29) is 0 Å². The van der Waals surface area contributed by atoms with Gasteiger partial charge in [0.25, 0.3) is 0 Å². The van der Waals surface area contributed by atoms with E-state index in [1.807, 2.05) is 0 Å². The molecule has 0 atom stereocenters. The normalized spacial score (nSPS) is 20.2. The van der Waals surface area contributed by atoms with Gasteiger partial charge in [-0.15, -0.1) is 0 Å². The van der Waals surface area contributed by atoms with E-state index in [0.717, 1.165) is 12.5 Å². The van der Waals surface area contributed by atoms with Gasteiger partial charge < -0.3 is 10.6 Å². The predicted molar refractivity (Wildman–Crippen MR) is 48.5 cm³/mol. The molecule has 0 aromatic heterocycles. The van der Waals surface area contributed by atoms with E-state index in [4.69, 9.17) is 5.73 Å². The summed E-state index contributed by atoms with van der Waals surface area (Å²) in [5.41, 5.74) is 5.42. The van der Waals surface area contributed by atoms with E-state index < -0.39 is 0 Å². The molecule has 2 N–H and O–H groups in total. The van der Waals surface area contributed by atoms with Crippen LogP contribution >= 0.6 is 0 Å². The number of nitrogens with zero attached hydrogens (tertiary/aromatic N) is 1. The van der Waals surface area contributed by atoms with Gasteiger partial charge in [-0.1, -0.05) is 13.3 Å². The summed E-state index contributed by atoms with van der Waals surface area (Å²) >= 11 is 0. The SMILES string of the molecule is CCCC1CN(CCCN)C1. The summed E-state index contributed by atoms with van der Waals surface area (Å²) in [4.78, 5) is 2.51. The molecule has 1 fully saturated rings. The van der Waals surface area contributed by atoms with Crippen LogP contribution in [-0.4, -0.2) is 31.1 Å². The minimum atomic E-state index is 0.842. The van der Waals surface area contributed by atoms with Crippen molar-refractivity contribution in [3.05, 3.63) is 0 Å². The molecule has 1 saturated heterocycles. The molecule has 0 saturated carbocycles. The first kappa shape index (κ1) is 9.01. The maximum absolute atomic E-state index is 5.42. The number of hydrogen-bond acceptors (Lipinski definition) is 2. The molecule has 2 nitrogen and oxygen atoms in total. The average molecular weight is 156 g/mol. The molecule has 1 rings (SSSR count). The summed E-state index contributed by atoms with van der Waals surface area (Å²) in [7, 11) is 0. The van der Waals surface area contributed by atoms with Gasteiger partial charge in [-0.25, -0.2) is 0 Å². The van der Waals surface area contributed by atoms with E-state index in [1.54, 1.807) is 0 Å². The monoisotopic (exact) mass is 156 g/mol. The molecule has 66 valence electrons. The smallest absolute Gasteiger partial charge is 0.00220 e. The van der Waals surface area contributed by atoms with Gasteiger partial charge in [-0.2, -0.15) is 0 Å². The molecule has 1 aliphatic rings. The van der Waals surface area contributed by atoms with Crippen molar-refractivity contribution < 1.29 is 0 Å². The zero-order chi connectivity index (χ0) is 8.10. The van der Waals surface area contributed by atoms with Gasteiger partial charge in [0.1, 0.15) is 0 Å². The lowest BCUT2D eigenvalue weighted by atomic mass is 9.95. The Hall–Kier alpha value is -0.0800. The number of nitrogens with two attached hydrogens (primary N) is 1. The van der Waals surface area contributed by atoms with Crippen molar-refractivity contribution in [2.24, 2.45) is 11.7 Å². The lowest BCUT2D eigenvalue weighted by molar-refractivity contribution is 0.0934. The van der Waals surface area contributed by atoms with E-state index in [0.29, 0.717) is 0 Å². The molecule has 11 heavy (non-hydrogen) atoms. The van der Waals surface area contributed by atoms with Crippen LogP contribution in [0.4, 0.5) is 0 Å². The van der Waals surface area contributed by atoms with Crippen LogP contribution in [0.2, 0.25) is 0 Å². The Kier molecular flexibility index (Phi) is 3.87. The maximum atomic E-state index is 5.42. The van der Waals surface area contributed by atoms with Crippen molar-refractivity contribution in [1.82, 2.24) is 4.90 Å². The third kappa shape index (κ3) is 2.80. The van der Waals surface area contributed by atoms with Gasteiger partial charge in [0.2, 0.25) is 0 Å². The molecule has 0 amide bonds. The largest absolute Gasteiger partial charge is 0.330 e. The second-order valence-electron chi connectivity index (χ2n) is 3.56. The Morgan fingerprint density at radius 1 is 1.45 bits per heavy atom. The van der Waals surface area contributed by atoms with Gasteiger partial charge in [0, 0.05) is 13.1 Å². The zero-order valence-electron chi connectivity index (χ0n) is 7.55. The van der Waals surface area contributed by atoms with Gasteiger partial charge in [-0.05, 0) is 31.8 Å². The fraction of sp³-hybridized carbons (Fsp3) is 1.00. The van der Waals surface area contributed by atoms with E-state index >= 15 is 0 Å². The predicted octanol–water partition coefficient (Wildman–Crippen LogP) is 1.07. The molecule has 0 spiro atoms. The van der Waals surface area contributed by atoms with Crippen molar-refractivity contribution in [3.8, 4) is 0 Å². The minimum absolute atomic E-state index is 0.842. The van der Waals surface area contributed by atoms with E-state index in [9.17, 15) is 0 Å². The summed E-state index contributed by atoms with van der Waals surface area (Å²) in [6, 6.07) is 0. The quantitative estimate of drug-likeness (QED) is 0.645. The molecule has 0 aromatic carbocycles. The average Bonchev–Trinajstić information content (AvgIpc) is 1.94. The number of likely N-dealkylation sites (tertiary alicyclic amines) is 1. The number of hydrogen-bond donors (Lipinski definition) is 1. The Bertz CT molecular complexity index is 97.7. The second kappa shape index (κ2) is 4.73. The molecular weight excluding hydrogens is 136 g/mol. The highest BCUT2D eigenvalue weighted by Gasteiger charge is 2.24. The molecule has 0 aliphatic carbocycles. The Morgan fingerprint density at radius 2 is 2.18 bits per heavy atom. The van der Waals surface area contributed by atoms with Crippen LogP contribution in [0.5, 0.6) is 0 Å². The first-order valence-electron chi connectivity index (χ1n) is 4.79. The number of rotatable bonds is 5. The highest BCUT2D eigenvalue weighted by molar-refractivity contribution is 4.78. The first-order chi connectivity index (χ1) is 5.36. The van der Waals surface area contributed by atoms with Crippen LogP contribution in [-0.2, 0) is 0 Å². The molecule has 0 unspecified atom stereocenters. The highest BCUT2D eigenvalue weighted by Crippen LogP contribution is 2.19. The van der Waals surface area contributed by atoms with Crippen molar-refractivity contribution in [3.63, 3.8) is 0 Å². The lowest BCUT2D eigenvalue weighted by Crippen LogP contribution is -2.47. The fourth-order valence-corrected chi connectivity index (χ4v) is 1.77. The topological polar surface area (TPSA) is 29.3 Å². The van der Waals surface area contributed by atoms with Crippen LogP contribution in [0.1, 0.15) is 26.2 Å². The van der Waals surface area contributed by atoms with Crippen LogP contribution in [0.15, 0.2) is 0 Å². The zero-order valence-corrected chi connectivity index (χ0v) is 7.55. The van der Waals surface area contributed by atoms with Crippen molar-refractivity contribution in [2.45, 2.75) is 26.2 Å². The summed E-state index contributed by atoms with van der Waals surface area (Å²) in [6.45, 7) is 6.98. The summed E-state index contributed by atoms with van der Waals surface area (Å²) in [6.07, 6.45) is 3.92. The van der Waals surface area contributed by atoms with Crippen LogP contribution in [0, 0.1) is 5.92 Å². The van der Waals surface area contributed by atoms with Gasteiger partial charge in [0.15, 0.2) is 0 Å². The summed E-state index contributed by atoms with van der Waals surface area (Å²) in [5, 5.41) is 0. The molecule has 0 bridgehead atoms. The van der Waals surface area contributed by atoms with E-state index in [2.05, 4.69) is 11.8 Å². The fourth-order valence-electron chi connectivity index (χ4n) is 1.77. The third-order valence-corrected chi connectivity index (χ3v) is 2.41. The lowest BCUT2D eigenvalue weighted by Gasteiger charge is -2.39. The summed E-state index contributed by atoms with van der Waals surface area (Å²) in [5.74, 6) is 0.998. The Morgan fingerprint density at radius 3 is 2.73 bits per heavy atom.